The Morgan fingerprint density at radius 3 is 2.68 bits per heavy atom. The maximum Gasteiger partial charge on any atom is 0.308 e. The summed E-state index contributed by atoms with van der Waals surface area (Å²) in [5, 5.41) is 0. The van der Waals surface area contributed by atoms with Crippen LogP contribution in [0.2, 0.25) is 0 Å². The molecule has 0 bridgehead atoms. The molecular formula is C18H25NO3. The number of likely N-dealkylation sites (tertiary alicyclic amines) is 1. The van der Waals surface area contributed by atoms with E-state index >= 15 is 0 Å². The second-order valence-corrected chi connectivity index (χ2v) is 6.50. The molecule has 0 N–H and O–H groups in total. The third-order valence-corrected chi connectivity index (χ3v) is 4.98. The highest BCUT2D eigenvalue weighted by Crippen LogP contribution is 2.40. The Labute approximate surface area is 132 Å². The van der Waals surface area contributed by atoms with Gasteiger partial charge in [-0.05, 0) is 31.2 Å². The molecule has 0 aliphatic carbocycles. The van der Waals surface area contributed by atoms with Crippen LogP contribution >= 0.6 is 0 Å². The van der Waals surface area contributed by atoms with E-state index in [1.54, 1.807) is 0 Å². The van der Waals surface area contributed by atoms with Gasteiger partial charge in [0.2, 0.25) is 0 Å². The Bertz CT molecular complexity index is 494. The first-order valence-electron chi connectivity index (χ1n) is 8.20. The number of carbonyl (C=O) groups excluding carboxylic acids is 1. The van der Waals surface area contributed by atoms with Gasteiger partial charge in [-0.1, -0.05) is 30.3 Å². The lowest BCUT2D eigenvalue weighted by atomic mass is 9.88. The van der Waals surface area contributed by atoms with E-state index in [0.717, 1.165) is 45.3 Å². The predicted molar refractivity (Wildman–Crippen MR) is 84.4 cm³/mol. The molecule has 22 heavy (non-hydrogen) atoms. The number of methoxy groups -OCH3 is 1. The third-order valence-electron chi connectivity index (χ3n) is 4.98. The van der Waals surface area contributed by atoms with Gasteiger partial charge in [0.15, 0.2) is 0 Å². The summed E-state index contributed by atoms with van der Waals surface area (Å²) in [5.41, 5.74) is 1.38. The fourth-order valence-electron chi connectivity index (χ4n) is 3.64. The highest BCUT2D eigenvalue weighted by molar-refractivity contribution is 5.69. The van der Waals surface area contributed by atoms with Crippen molar-refractivity contribution in [3.63, 3.8) is 0 Å². The first-order chi connectivity index (χ1) is 10.7. The van der Waals surface area contributed by atoms with Crippen LogP contribution in [0, 0.1) is 0 Å². The van der Waals surface area contributed by atoms with E-state index in [1.807, 2.05) is 0 Å². The minimum atomic E-state index is -0.163. The van der Waals surface area contributed by atoms with Crippen LogP contribution in [0.4, 0.5) is 0 Å². The van der Waals surface area contributed by atoms with E-state index < -0.39 is 0 Å². The molecule has 0 aromatic heterocycles. The molecule has 2 aliphatic heterocycles. The molecule has 1 unspecified atom stereocenters. The second-order valence-electron chi connectivity index (χ2n) is 6.50. The molecule has 2 aliphatic rings. The van der Waals surface area contributed by atoms with E-state index in [4.69, 9.17) is 9.47 Å². The maximum absolute atomic E-state index is 11.4. The van der Waals surface area contributed by atoms with Crippen molar-refractivity contribution in [1.82, 2.24) is 4.90 Å². The average Bonchev–Trinajstić information content (AvgIpc) is 2.93. The minimum Gasteiger partial charge on any atom is -0.469 e. The number of esters is 1. The van der Waals surface area contributed by atoms with Crippen LogP contribution in [0.25, 0.3) is 0 Å². The molecule has 2 fully saturated rings. The molecular weight excluding hydrogens is 278 g/mol. The first-order valence-corrected chi connectivity index (χ1v) is 8.20. The van der Waals surface area contributed by atoms with Crippen LogP contribution in [0.1, 0.15) is 37.7 Å². The SMILES string of the molecule is COC(=O)CC1CCC2(CCN(Cc3ccccc3)CC2)O1. The molecule has 4 heteroatoms. The van der Waals surface area contributed by atoms with Crippen LogP contribution in [0.5, 0.6) is 0 Å². The summed E-state index contributed by atoms with van der Waals surface area (Å²) < 4.78 is 11.0. The zero-order valence-electron chi connectivity index (χ0n) is 13.3. The molecule has 3 rings (SSSR count). The Morgan fingerprint density at radius 1 is 1.27 bits per heavy atom. The normalized spacial score (nSPS) is 24.5. The Kier molecular flexibility index (Phi) is 4.79. The molecule has 4 nitrogen and oxygen atoms in total. The van der Waals surface area contributed by atoms with Gasteiger partial charge in [-0.15, -0.1) is 0 Å². The van der Waals surface area contributed by atoms with Crippen LogP contribution < -0.4 is 0 Å². The van der Waals surface area contributed by atoms with E-state index in [-0.39, 0.29) is 17.7 Å². The lowest BCUT2D eigenvalue weighted by molar-refractivity contribution is -0.146. The van der Waals surface area contributed by atoms with Crippen molar-refractivity contribution < 1.29 is 14.3 Å². The minimum absolute atomic E-state index is 0.00583. The van der Waals surface area contributed by atoms with Crippen molar-refractivity contribution >= 4 is 5.97 Å². The van der Waals surface area contributed by atoms with Crippen LogP contribution in [-0.2, 0) is 20.8 Å². The lowest BCUT2D eigenvalue weighted by Gasteiger charge is -2.39. The van der Waals surface area contributed by atoms with Gasteiger partial charge in [0.25, 0.3) is 0 Å². The van der Waals surface area contributed by atoms with Gasteiger partial charge in [0, 0.05) is 19.6 Å². The molecule has 1 spiro atoms. The highest BCUT2D eigenvalue weighted by atomic mass is 16.5. The third kappa shape index (κ3) is 3.68. The number of hydrogen-bond donors (Lipinski definition) is 0. The van der Waals surface area contributed by atoms with Crippen molar-refractivity contribution in [2.75, 3.05) is 20.2 Å². The fourth-order valence-corrected chi connectivity index (χ4v) is 3.64. The second kappa shape index (κ2) is 6.80. The van der Waals surface area contributed by atoms with E-state index in [9.17, 15) is 4.79 Å². The fraction of sp³-hybridized carbons (Fsp3) is 0.611. The summed E-state index contributed by atoms with van der Waals surface area (Å²) in [4.78, 5) is 13.9. The van der Waals surface area contributed by atoms with Crippen molar-refractivity contribution in [2.45, 2.75) is 50.4 Å². The molecule has 1 aromatic rings. The highest BCUT2D eigenvalue weighted by Gasteiger charge is 2.42. The molecule has 2 saturated heterocycles. The van der Waals surface area contributed by atoms with E-state index in [1.165, 1.54) is 12.7 Å². The predicted octanol–water partition coefficient (Wildman–Crippen LogP) is 2.76. The zero-order valence-corrected chi connectivity index (χ0v) is 13.3. The number of piperidine rings is 1. The molecule has 120 valence electrons. The quantitative estimate of drug-likeness (QED) is 0.802. The van der Waals surface area contributed by atoms with Crippen molar-refractivity contribution in [1.29, 1.82) is 0 Å². The molecule has 2 heterocycles. The van der Waals surface area contributed by atoms with Gasteiger partial charge in [-0.25, -0.2) is 0 Å². The summed E-state index contributed by atoms with van der Waals surface area (Å²) in [7, 11) is 1.44. The first kappa shape index (κ1) is 15.5. The van der Waals surface area contributed by atoms with Gasteiger partial charge in [0.05, 0.1) is 25.2 Å². The Morgan fingerprint density at radius 2 is 2.00 bits per heavy atom. The number of hydrogen-bond acceptors (Lipinski definition) is 4. The van der Waals surface area contributed by atoms with Crippen LogP contribution in [0.3, 0.4) is 0 Å². The summed E-state index contributed by atoms with van der Waals surface area (Å²) in [6.07, 6.45) is 4.64. The largest absolute Gasteiger partial charge is 0.469 e. The standard InChI is InChI=1S/C18H25NO3/c1-21-17(20)13-16-7-8-18(22-16)9-11-19(12-10-18)14-15-5-3-2-4-6-15/h2-6,16H,7-14H2,1H3. The summed E-state index contributed by atoms with van der Waals surface area (Å²) in [6, 6.07) is 10.6. The lowest BCUT2D eigenvalue weighted by Crippen LogP contribution is -2.44. The van der Waals surface area contributed by atoms with Gasteiger partial charge >= 0.3 is 5.97 Å². The molecule has 1 atom stereocenters. The summed E-state index contributed by atoms with van der Waals surface area (Å²) in [6.45, 7) is 3.15. The molecule has 0 amide bonds. The van der Waals surface area contributed by atoms with Crippen molar-refractivity contribution in [2.24, 2.45) is 0 Å². The number of rotatable bonds is 4. The Hall–Kier alpha value is -1.39. The van der Waals surface area contributed by atoms with Crippen LogP contribution in [0.15, 0.2) is 30.3 Å². The van der Waals surface area contributed by atoms with E-state index in [0.29, 0.717) is 6.42 Å². The molecule has 0 radical (unpaired) electrons. The molecule has 1 aromatic carbocycles. The van der Waals surface area contributed by atoms with E-state index in [2.05, 4.69) is 35.2 Å². The topological polar surface area (TPSA) is 38.8 Å². The average molecular weight is 303 g/mol. The summed E-state index contributed by atoms with van der Waals surface area (Å²) in [5.74, 6) is -0.163. The number of carbonyl (C=O) groups is 1. The van der Waals surface area contributed by atoms with Gasteiger partial charge in [0.1, 0.15) is 0 Å². The number of ether oxygens (including phenoxy) is 2. The zero-order chi connectivity index (χ0) is 15.4. The van der Waals surface area contributed by atoms with Gasteiger partial charge in [-0.3, -0.25) is 9.69 Å². The monoisotopic (exact) mass is 303 g/mol. The van der Waals surface area contributed by atoms with Gasteiger partial charge in [-0.2, -0.15) is 0 Å². The van der Waals surface area contributed by atoms with Crippen molar-refractivity contribution in [3.8, 4) is 0 Å². The number of nitrogens with zero attached hydrogens (tertiary/aromatic N) is 1. The number of benzene rings is 1. The Balaban J connectivity index is 1.48. The van der Waals surface area contributed by atoms with Crippen molar-refractivity contribution in [3.05, 3.63) is 35.9 Å². The maximum atomic E-state index is 11.4. The van der Waals surface area contributed by atoms with Crippen LogP contribution in [-0.4, -0.2) is 42.8 Å². The smallest absolute Gasteiger partial charge is 0.308 e. The van der Waals surface area contributed by atoms with Gasteiger partial charge < -0.3 is 9.47 Å². The summed E-state index contributed by atoms with van der Waals surface area (Å²) >= 11 is 0. The molecule has 0 saturated carbocycles.